The van der Waals surface area contributed by atoms with Gasteiger partial charge < -0.3 is 9.84 Å². The van der Waals surface area contributed by atoms with E-state index in [1.54, 1.807) is 18.3 Å². The number of hydrogen-bond donors (Lipinski definition) is 2. The van der Waals surface area contributed by atoms with E-state index in [0.717, 1.165) is 16.8 Å². The van der Waals surface area contributed by atoms with E-state index in [1.165, 1.54) is 6.92 Å². The maximum absolute atomic E-state index is 10.7. The predicted molar refractivity (Wildman–Crippen MR) is 71.5 cm³/mol. The molecule has 0 amide bonds. The Kier molecular flexibility index (Phi) is 3.76. The first-order valence-corrected chi connectivity index (χ1v) is 6.06. The number of carboxylic acids is 1. The minimum absolute atomic E-state index is 0.349. The number of carbonyl (C=O) groups is 1. The number of aliphatic carboxylic acids is 1. The molecule has 2 aromatic rings. The number of halogens is 1. The first kappa shape index (κ1) is 13.4. The molecule has 0 bridgehead atoms. The van der Waals surface area contributed by atoms with Crippen molar-refractivity contribution in [2.24, 2.45) is 0 Å². The lowest BCUT2D eigenvalue weighted by Crippen LogP contribution is -2.22. The van der Waals surface area contributed by atoms with Gasteiger partial charge in [0.25, 0.3) is 0 Å². The van der Waals surface area contributed by atoms with Crippen LogP contribution in [0.2, 0.25) is 5.02 Å². The van der Waals surface area contributed by atoms with Gasteiger partial charge in [-0.3, -0.25) is 5.10 Å². The van der Waals surface area contributed by atoms with Crippen LogP contribution in [-0.2, 0) is 4.79 Å². The summed E-state index contributed by atoms with van der Waals surface area (Å²) in [6.45, 7) is 3.36. The van der Waals surface area contributed by atoms with Crippen LogP contribution in [0.5, 0.6) is 5.75 Å². The van der Waals surface area contributed by atoms with Gasteiger partial charge in [0.2, 0.25) is 0 Å². The summed E-state index contributed by atoms with van der Waals surface area (Å²) in [6, 6.07) is 5.19. The molecule has 0 aliphatic heterocycles. The Morgan fingerprint density at radius 2 is 2.26 bits per heavy atom. The molecule has 0 aliphatic rings. The van der Waals surface area contributed by atoms with Crippen LogP contribution in [0.15, 0.2) is 24.4 Å². The topological polar surface area (TPSA) is 75.2 Å². The fourth-order valence-corrected chi connectivity index (χ4v) is 1.87. The van der Waals surface area contributed by atoms with Gasteiger partial charge in [-0.1, -0.05) is 17.7 Å². The van der Waals surface area contributed by atoms with Crippen molar-refractivity contribution in [1.82, 2.24) is 10.2 Å². The first-order chi connectivity index (χ1) is 8.99. The molecule has 1 heterocycles. The van der Waals surface area contributed by atoms with Crippen molar-refractivity contribution in [2.75, 3.05) is 0 Å². The van der Waals surface area contributed by atoms with Crippen molar-refractivity contribution >= 4 is 17.6 Å². The quantitative estimate of drug-likeness (QED) is 0.903. The maximum atomic E-state index is 10.7. The van der Waals surface area contributed by atoms with Gasteiger partial charge in [0.1, 0.15) is 5.75 Å². The van der Waals surface area contributed by atoms with E-state index < -0.39 is 12.1 Å². The summed E-state index contributed by atoms with van der Waals surface area (Å²) in [4.78, 5) is 10.7. The van der Waals surface area contributed by atoms with Gasteiger partial charge >= 0.3 is 5.97 Å². The standard InChI is InChI=1S/C13H13ClN2O3/c1-7-10(6-15-16-7)9-3-4-12(11(14)5-9)19-8(2)13(17)18/h3-6,8H,1-2H3,(H,15,16)(H,17,18)/t8-/m0/s1. The number of H-pyrrole nitrogens is 1. The Balaban J connectivity index is 2.27. The summed E-state index contributed by atoms with van der Waals surface area (Å²) < 4.78 is 5.25. The van der Waals surface area contributed by atoms with Gasteiger partial charge in [-0.25, -0.2) is 4.79 Å². The second-order valence-electron chi connectivity index (χ2n) is 4.15. The number of nitrogens with zero attached hydrogens (tertiary/aromatic N) is 1. The number of rotatable bonds is 4. The molecule has 0 unspecified atom stereocenters. The molecular formula is C13H13ClN2O3. The molecule has 0 fully saturated rings. The van der Waals surface area contributed by atoms with Crippen molar-refractivity contribution in [2.45, 2.75) is 20.0 Å². The Morgan fingerprint density at radius 3 is 2.79 bits per heavy atom. The lowest BCUT2D eigenvalue weighted by molar-refractivity contribution is -0.144. The second-order valence-corrected chi connectivity index (χ2v) is 4.56. The van der Waals surface area contributed by atoms with Gasteiger partial charge in [0, 0.05) is 11.3 Å². The molecule has 5 nitrogen and oxygen atoms in total. The second kappa shape index (κ2) is 5.32. The summed E-state index contributed by atoms with van der Waals surface area (Å²) in [5.74, 6) is -0.688. The monoisotopic (exact) mass is 280 g/mol. The van der Waals surface area contributed by atoms with E-state index in [2.05, 4.69) is 10.2 Å². The normalized spacial score (nSPS) is 12.2. The van der Waals surface area contributed by atoms with E-state index in [-0.39, 0.29) is 0 Å². The molecule has 6 heteroatoms. The van der Waals surface area contributed by atoms with Crippen molar-refractivity contribution in [1.29, 1.82) is 0 Å². The number of aromatic nitrogens is 2. The molecule has 0 radical (unpaired) electrons. The lowest BCUT2D eigenvalue weighted by atomic mass is 10.1. The van der Waals surface area contributed by atoms with E-state index >= 15 is 0 Å². The van der Waals surface area contributed by atoms with Crippen LogP contribution in [-0.4, -0.2) is 27.4 Å². The third-order valence-electron chi connectivity index (χ3n) is 2.72. The summed E-state index contributed by atoms with van der Waals surface area (Å²) in [5, 5.41) is 16.0. The van der Waals surface area contributed by atoms with Crippen LogP contribution in [0.4, 0.5) is 0 Å². The van der Waals surface area contributed by atoms with Gasteiger partial charge in [0.05, 0.1) is 11.2 Å². The van der Waals surface area contributed by atoms with Crippen LogP contribution >= 0.6 is 11.6 Å². The summed E-state index contributed by atoms with van der Waals surface area (Å²) in [6.07, 6.45) is 0.764. The van der Waals surface area contributed by atoms with Crippen LogP contribution in [0.25, 0.3) is 11.1 Å². The van der Waals surface area contributed by atoms with Gasteiger partial charge in [0.15, 0.2) is 6.10 Å². The molecule has 1 aromatic heterocycles. The number of benzene rings is 1. The highest BCUT2D eigenvalue weighted by Gasteiger charge is 2.15. The number of carboxylic acid groups (broad SMARTS) is 1. The molecular weight excluding hydrogens is 268 g/mol. The number of hydrogen-bond acceptors (Lipinski definition) is 3. The smallest absolute Gasteiger partial charge is 0.344 e. The van der Waals surface area contributed by atoms with Crippen LogP contribution in [0, 0.1) is 6.92 Å². The maximum Gasteiger partial charge on any atom is 0.344 e. The first-order valence-electron chi connectivity index (χ1n) is 5.68. The number of aromatic amines is 1. The molecule has 0 aliphatic carbocycles. The fourth-order valence-electron chi connectivity index (χ4n) is 1.65. The van der Waals surface area contributed by atoms with E-state index in [1.807, 2.05) is 13.0 Å². The third kappa shape index (κ3) is 2.88. The SMILES string of the molecule is Cc1[nH]ncc1-c1ccc(O[C@@H](C)C(=O)O)c(Cl)c1. The van der Waals surface area contributed by atoms with Crippen LogP contribution in [0.3, 0.4) is 0 Å². The highest BCUT2D eigenvalue weighted by Crippen LogP contribution is 2.31. The molecule has 2 rings (SSSR count). The molecule has 100 valence electrons. The summed E-state index contributed by atoms with van der Waals surface area (Å²) >= 11 is 6.10. The molecule has 2 N–H and O–H groups in total. The minimum atomic E-state index is -1.04. The largest absolute Gasteiger partial charge is 0.479 e. The van der Waals surface area contributed by atoms with Crippen LogP contribution < -0.4 is 4.74 Å². The Labute approximate surface area is 115 Å². The van der Waals surface area contributed by atoms with Crippen molar-refractivity contribution in [3.8, 4) is 16.9 Å². The fraction of sp³-hybridized carbons (Fsp3) is 0.231. The zero-order chi connectivity index (χ0) is 14.0. The molecule has 0 spiro atoms. The van der Waals surface area contributed by atoms with Gasteiger partial charge in [-0.2, -0.15) is 5.10 Å². The average molecular weight is 281 g/mol. The van der Waals surface area contributed by atoms with E-state index in [4.69, 9.17) is 21.4 Å². The van der Waals surface area contributed by atoms with Crippen LogP contribution in [0.1, 0.15) is 12.6 Å². The number of nitrogens with one attached hydrogen (secondary N) is 1. The molecule has 0 saturated heterocycles. The van der Waals surface area contributed by atoms with Crippen molar-refractivity contribution in [3.63, 3.8) is 0 Å². The van der Waals surface area contributed by atoms with E-state index in [9.17, 15) is 4.79 Å². The highest BCUT2D eigenvalue weighted by atomic mass is 35.5. The van der Waals surface area contributed by atoms with Gasteiger partial charge in [-0.05, 0) is 31.5 Å². The van der Waals surface area contributed by atoms with Crippen molar-refractivity contribution < 1.29 is 14.6 Å². The zero-order valence-electron chi connectivity index (χ0n) is 10.5. The molecule has 1 atom stereocenters. The number of aryl methyl sites for hydroxylation is 1. The predicted octanol–water partition coefficient (Wildman–Crippen LogP) is 2.89. The molecule has 19 heavy (non-hydrogen) atoms. The molecule has 1 aromatic carbocycles. The minimum Gasteiger partial charge on any atom is -0.479 e. The highest BCUT2D eigenvalue weighted by molar-refractivity contribution is 6.32. The Morgan fingerprint density at radius 1 is 1.53 bits per heavy atom. The van der Waals surface area contributed by atoms with E-state index in [0.29, 0.717) is 10.8 Å². The average Bonchev–Trinajstić information content (AvgIpc) is 2.78. The zero-order valence-corrected chi connectivity index (χ0v) is 11.2. The molecule has 0 saturated carbocycles. The van der Waals surface area contributed by atoms with Gasteiger partial charge in [-0.15, -0.1) is 0 Å². The summed E-state index contributed by atoms with van der Waals surface area (Å²) in [7, 11) is 0. The lowest BCUT2D eigenvalue weighted by Gasteiger charge is -2.12. The third-order valence-corrected chi connectivity index (χ3v) is 3.02. The van der Waals surface area contributed by atoms with Crippen molar-refractivity contribution in [3.05, 3.63) is 35.1 Å². The number of ether oxygens (including phenoxy) is 1. The summed E-state index contributed by atoms with van der Waals surface area (Å²) in [5.41, 5.74) is 2.77. The Bertz CT molecular complexity index is 610. The Hall–Kier alpha value is -2.01.